The van der Waals surface area contributed by atoms with Gasteiger partial charge in [-0.15, -0.1) is 0 Å². The van der Waals surface area contributed by atoms with Gasteiger partial charge in [-0.2, -0.15) is 0 Å². The van der Waals surface area contributed by atoms with Gasteiger partial charge in [0.2, 0.25) is 0 Å². The number of nitrogens with one attached hydrogen (secondary N) is 1. The first-order valence-electron chi connectivity index (χ1n) is 5.53. The number of hydrazine groups is 1. The Kier molecular flexibility index (Phi) is 5.06. The lowest BCUT2D eigenvalue weighted by molar-refractivity contribution is -0.126. The summed E-state index contributed by atoms with van der Waals surface area (Å²) in [6.07, 6.45) is 0.648. The van der Waals surface area contributed by atoms with Crippen LogP contribution in [0.1, 0.15) is 18.9 Å². The summed E-state index contributed by atoms with van der Waals surface area (Å²) in [6, 6.07) is 6.04. The number of likely N-dealkylation sites (N-methyl/N-ethyl adjacent to an activating group) is 1. The van der Waals surface area contributed by atoms with Gasteiger partial charge in [0, 0.05) is 6.54 Å². The van der Waals surface area contributed by atoms with Gasteiger partial charge in [-0.25, -0.2) is 10.2 Å². The van der Waals surface area contributed by atoms with E-state index < -0.39 is 0 Å². The third kappa shape index (κ3) is 3.80. The lowest BCUT2D eigenvalue weighted by atomic mass is 10.1. The summed E-state index contributed by atoms with van der Waals surface area (Å²) in [5.74, 6) is 4.62. The molecule has 0 aliphatic rings. The molecule has 1 unspecified atom stereocenters. The van der Waals surface area contributed by atoms with Gasteiger partial charge in [0.1, 0.15) is 5.82 Å². The molecule has 1 aromatic carbocycles. The molecule has 0 spiro atoms. The molecule has 94 valence electrons. The molecule has 0 aliphatic heterocycles. The number of amides is 1. The molecule has 1 rings (SSSR count). The number of benzene rings is 1. The monoisotopic (exact) mass is 239 g/mol. The minimum Gasteiger partial charge on any atom is -0.293 e. The van der Waals surface area contributed by atoms with Crippen molar-refractivity contribution in [3.63, 3.8) is 0 Å². The molecule has 4 nitrogen and oxygen atoms in total. The Hall–Kier alpha value is -1.46. The standard InChI is InChI=1S/C12H18FN3O/c1-3-11(12(17)15-14)16(2)8-9-5-4-6-10(13)7-9/h4-7,11H,3,8,14H2,1-2H3,(H,15,17). The molecule has 3 N–H and O–H groups in total. The first-order valence-corrected chi connectivity index (χ1v) is 5.53. The van der Waals surface area contributed by atoms with E-state index in [2.05, 4.69) is 5.43 Å². The fourth-order valence-electron chi connectivity index (χ4n) is 1.83. The maximum absolute atomic E-state index is 13.0. The van der Waals surface area contributed by atoms with Crippen LogP contribution < -0.4 is 11.3 Å². The Morgan fingerprint density at radius 1 is 1.59 bits per heavy atom. The summed E-state index contributed by atoms with van der Waals surface area (Å²) >= 11 is 0. The maximum atomic E-state index is 13.0. The van der Waals surface area contributed by atoms with Gasteiger partial charge >= 0.3 is 0 Å². The molecule has 0 aliphatic carbocycles. The van der Waals surface area contributed by atoms with Crippen LogP contribution in [-0.2, 0) is 11.3 Å². The Balaban J connectivity index is 2.70. The molecule has 17 heavy (non-hydrogen) atoms. The van der Waals surface area contributed by atoms with E-state index in [1.165, 1.54) is 12.1 Å². The van der Waals surface area contributed by atoms with Crippen LogP contribution in [0.4, 0.5) is 4.39 Å². The van der Waals surface area contributed by atoms with Crippen molar-refractivity contribution in [3.8, 4) is 0 Å². The summed E-state index contributed by atoms with van der Waals surface area (Å²) in [4.78, 5) is 13.3. The largest absolute Gasteiger partial charge is 0.293 e. The van der Waals surface area contributed by atoms with E-state index >= 15 is 0 Å². The van der Waals surface area contributed by atoms with Crippen LogP contribution in [0, 0.1) is 5.82 Å². The summed E-state index contributed by atoms with van der Waals surface area (Å²) < 4.78 is 13.0. The van der Waals surface area contributed by atoms with Gasteiger partial charge < -0.3 is 0 Å². The molecular formula is C12H18FN3O. The quantitative estimate of drug-likeness (QED) is 0.458. The number of rotatable bonds is 5. The number of carbonyl (C=O) groups is 1. The van der Waals surface area contributed by atoms with Crippen LogP contribution in [0.25, 0.3) is 0 Å². The van der Waals surface area contributed by atoms with Crippen LogP contribution in [0.5, 0.6) is 0 Å². The molecule has 0 bridgehead atoms. The first kappa shape index (κ1) is 13.6. The molecule has 0 radical (unpaired) electrons. The molecule has 0 fully saturated rings. The van der Waals surface area contributed by atoms with Crippen molar-refractivity contribution in [2.45, 2.75) is 25.9 Å². The maximum Gasteiger partial charge on any atom is 0.251 e. The van der Waals surface area contributed by atoms with Gasteiger partial charge in [-0.1, -0.05) is 19.1 Å². The van der Waals surface area contributed by atoms with E-state index in [-0.39, 0.29) is 17.8 Å². The second-order valence-corrected chi connectivity index (χ2v) is 3.98. The van der Waals surface area contributed by atoms with E-state index in [1.54, 1.807) is 6.07 Å². The Morgan fingerprint density at radius 3 is 2.82 bits per heavy atom. The van der Waals surface area contributed by atoms with Crippen molar-refractivity contribution < 1.29 is 9.18 Å². The number of hydrogen-bond donors (Lipinski definition) is 2. The molecule has 0 aromatic heterocycles. The minimum atomic E-state index is -0.303. The van der Waals surface area contributed by atoms with Crippen LogP contribution in [-0.4, -0.2) is 23.9 Å². The molecule has 0 saturated carbocycles. The molecular weight excluding hydrogens is 221 g/mol. The van der Waals surface area contributed by atoms with E-state index in [1.807, 2.05) is 24.9 Å². The van der Waals surface area contributed by atoms with Crippen molar-refractivity contribution in [2.24, 2.45) is 5.84 Å². The average Bonchev–Trinajstić information content (AvgIpc) is 2.29. The van der Waals surface area contributed by atoms with E-state index in [9.17, 15) is 9.18 Å². The molecule has 1 atom stereocenters. The SMILES string of the molecule is CCC(C(=O)NN)N(C)Cc1cccc(F)c1. The summed E-state index contributed by atoms with van der Waals surface area (Å²) in [5, 5.41) is 0. The highest BCUT2D eigenvalue weighted by Gasteiger charge is 2.20. The lowest BCUT2D eigenvalue weighted by Crippen LogP contribution is -2.47. The zero-order valence-corrected chi connectivity index (χ0v) is 10.1. The molecule has 5 heteroatoms. The van der Waals surface area contributed by atoms with Crippen LogP contribution in [0.2, 0.25) is 0 Å². The lowest BCUT2D eigenvalue weighted by Gasteiger charge is -2.25. The number of nitrogens with two attached hydrogens (primary N) is 1. The summed E-state index contributed by atoms with van der Waals surface area (Å²) in [7, 11) is 1.81. The third-order valence-corrected chi connectivity index (χ3v) is 2.68. The molecule has 0 heterocycles. The van der Waals surface area contributed by atoms with Gasteiger partial charge in [-0.05, 0) is 31.2 Å². The zero-order chi connectivity index (χ0) is 12.8. The third-order valence-electron chi connectivity index (χ3n) is 2.68. The Bertz CT molecular complexity index is 384. The molecule has 0 saturated heterocycles. The number of halogens is 1. The first-order chi connectivity index (χ1) is 8.08. The normalized spacial score (nSPS) is 12.5. The van der Waals surface area contributed by atoms with Crippen molar-refractivity contribution >= 4 is 5.91 Å². The van der Waals surface area contributed by atoms with Crippen LogP contribution >= 0.6 is 0 Å². The second kappa shape index (κ2) is 6.32. The highest BCUT2D eigenvalue weighted by molar-refractivity contribution is 5.80. The number of hydrogen-bond acceptors (Lipinski definition) is 3. The van der Waals surface area contributed by atoms with Crippen LogP contribution in [0.3, 0.4) is 0 Å². The van der Waals surface area contributed by atoms with Gasteiger partial charge in [0.25, 0.3) is 5.91 Å². The Labute approximate surface area is 101 Å². The molecule has 1 amide bonds. The van der Waals surface area contributed by atoms with Crippen molar-refractivity contribution in [1.82, 2.24) is 10.3 Å². The van der Waals surface area contributed by atoms with E-state index in [0.717, 1.165) is 5.56 Å². The fourth-order valence-corrected chi connectivity index (χ4v) is 1.83. The topological polar surface area (TPSA) is 58.4 Å². The Morgan fingerprint density at radius 2 is 2.29 bits per heavy atom. The van der Waals surface area contributed by atoms with Gasteiger partial charge in [0.05, 0.1) is 6.04 Å². The second-order valence-electron chi connectivity index (χ2n) is 3.98. The smallest absolute Gasteiger partial charge is 0.251 e. The number of carbonyl (C=O) groups excluding carboxylic acids is 1. The minimum absolute atomic E-state index is 0.230. The molecule has 1 aromatic rings. The van der Waals surface area contributed by atoms with Crippen molar-refractivity contribution in [2.75, 3.05) is 7.05 Å². The van der Waals surface area contributed by atoms with E-state index in [0.29, 0.717) is 13.0 Å². The summed E-state index contributed by atoms with van der Waals surface area (Å²) in [6.45, 7) is 2.41. The van der Waals surface area contributed by atoms with Crippen molar-refractivity contribution in [1.29, 1.82) is 0 Å². The van der Waals surface area contributed by atoms with Crippen LogP contribution in [0.15, 0.2) is 24.3 Å². The fraction of sp³-hybridized carbons (Fsp3) is 0.417. The van der Waals surface area contributed by atoms with Crippen molar-refractivity contribution in [3.05, 3.63) is 35.6 Å². The predicted octanol–water partition coefficient (Wildman–Crippen LogP) is 1.03. The highest BCUT2D eigenvalue weighted by Crippen LogP contribution is 2.10. The average molecular weight is 239 g/mol. The zero-order valence-electron chi connectivity index (χ0n) is 10.1. The predicted molar refractivity (Wildman–Crippen MR) is 64.3 cm³/mol. The van der Waals surface area contributed by atoms with E-state index in [4.69, 9.17) is 5.84 Å². The number of nitrogens with zero attached hydrogens (tertiary/aromatic N) is 1. The van der Waals surface area contributed by atoms with Gasteiger partial charge in [0.15, 0.2) is 0 Å². The highest BCUT2D eigenvalue weighted by atomic mass is 19.1. The van der Waals surface area contributed by atoms with Gasteiger partial charge in [-0.3, -0.25) is 15.1 Å². The summed E-state index contributed by atoms with van der Waals surface area (Å²) in [5.41, 5.74) is 2.97.